The van der Waals surface area contributed by atoms with Crippen LogP contribution >= 0.6 is 0 Å². The first kappa shape index (κ1) is 12.1. The summed E-state index contributed by atoms with van der Waals surface area (Å²) in [7, 11) is 1.62. The highest BCUT2D eigenvalue weighted by atomic mass is 16.5. The van der Waals surface area contributed by atoms with E-state index in [1.807, 2.05) is 6.92 Å². The second-order valence-electron chi connectivity index (χ2n) is 4.21. The number of hydrogen-bond donors (Lipinski definition) is 1. The van der Waals surface area contributed by atoms with Gasteiger partial charge in [-0.25, -0.2) is 0 Å². The Bertz CT molecular complexity index is 394. The summed E-state index contributed by atoms with van der Waals surface area (Å²) < 4.78 is 10.7. The van der Waals surface area contributed by atoms with Crippen LogP contribution in [0.4, 0.5) is 0 Å². The van der Waals surface area contributed by atoms with Crippen molar-refractivity contribution < 1.29 is 14.1 Å². The SMILES string of the molecule is CCc1onc(C2CCCOC2)c1C(=O)NC. The van der Waals surface area contributed by atoms with Crippen LogP contribution in [0.2, 0.25) is 0 Å². The van der Waals surface area contributed by atoms with Gasteiger partial charge in [0.05, 0.1) is 6.61 Å². The molecular formula is C12H18N2O3. The smallest absolute Gasteiger partial charge is 0.256 e. The molecule has 1 fully saturated rings. The minimum Gasteiger partial charge on any atom is -0.381 e. The molecule has 5 heteroatoms. The highest BCUT2D eigenvalue weighted by Gasteiger charge is 2.28. The number of hydrogen-bond acceptors (Lipinski definition) is 4. The number of carbonyl (C=O) groups is 1. The predicted octanol–water partition coefficient (Wildman–Crippen LogP) is 1.49. The van der Waals surface area contributed by atoms with Crippen LogP contribution in [0.5, 0.6) is 0 Å². The Hall–Kier alpha value is -1.36. The maximum atomic E-state index is 11.9. The van der Waals surface area contributed by atoms with Crippen molar-refractivity contribution in [2.24, 2.45) is 0 Å². The number of nitrogens with zero attached hydrogens (tertiary/aromatic N) is 1. The predicted molar refractivity (Wildman–Crippen MR) is 62.1 cm³/mol. The highest BCUT2D eigenvalue weighted by molar-refractivity contribution is 5.96. The first-order valence-corrected chi connectivity index (χ1v) is 6.06. The van der Waals surface area contributed by atoms with Gasteiger partial charge in [0.1, 0.15) is 17.0 Å². The molecule has 2 rings (SSSR count). The third-order valence-corrected chi connectivity index (χ3v) is 3.11. The van der Waals surface area contributed by atoms with E-state index >= 15 is 0 Å². The molecule has 5 nitrogen and oxygen atoms in total. The average Bonchev–Trinajstić information content (AvgIpc) is 2.82. The number of amides is 1. The van der Waals surface area contributed by atoms with E-state index in [0.717, 1.165) is 25.1 Å². The lowest BCUT2D eigenvalue weighted by molar-refractivity contribution is 0.0776. The van der Waals surface area contributed by atoms with Gasteiger partial charge in [-0.1, -0.05) is 12.1 Å². The van der Waals surface area contributed by atoms with Gasteiger partial charge in [-0.2, -0.15) is 0 Å². The molecule has 1 N–H and O–H groups in total. The van der Waals surface area contributed by atoms with E-state index in [0.29, 0.717) is 24.4 Å². The number of nitrogens with one attached hydrogen (secondary N) is 1. The lowest BCUT2D eigenvalue weighted by Gasteiger charge is -2.20. The first-order chi connectivity index (χ1) is 8.27. The summed E-state index contributed by atoms with van der Waals surface area (Å²) in [6.45, 7) is 3.37. The zero-order chi connectivity index (χ0) is 12.3. The van der Waals surface area contributed by atoms with E-state index in [-0.39, 0.29) is 11.8 Å². The molecule has 1 aromatic rings. The maximum absolute atomic E-state index is 11.9. The fourth-order valence-electron chi connectivity index (χ4n) is 2.18. The molecule has 1 aromatic heterocycles. The number of rotatable bonds is 3. The second-order valence-corrected chi connectivity index (χ2v) is 4.21. The lowest BCUT2D eigenvalue weighted by atomic mass is 9.94. The van der Waals surface area contributed by atoms with Gasteiger partial charge in [0.2, 0.25) is 0 Å². The molecular weight excluding hydrogens is 220 g/mol. The molecule has 1 aliphatic heterocycles. The van der Waals surface area contributed by atoms with Gasteiger partial charge in [0.25, 0.3) is 5.91 Å². The zero-order valence-electron chi connectivity index (χ0n) is 10.3. The largest absolute Gasteiger partial charge is 0.381 e. The van der Waals surface area contributed by atoms with Crippen molar-refractivity contribution in [3.63, 3.8) is 0 Å². The Labute approximate surface area is 101 Å². The van der Waals surface area contributed by atoms with Crippen LogP contribution in [0.15, 0.2) is 4.52 Å². The van der Waals surface area contributed by atoms with Gasteiger partial charge >= 0.3 is 0 Å². The monoisotopic (exact) mass is 238 g/mol. The highest BCUT2D eigenvalue weighted by Crippen LogP contribution is 2.29. The summed E-state index contributed by atoms with van der Waals surface area (Å²) in [5, 5.41) is 6.71. The lowest BCUT2D eigenvalue weighted by Crippen LogP contribution is -2.23. The molecule has 0 aromatic carbocycles. The number of aryl methyl sites for hydroxylation is 1. The van der Waals surface area contributed by atoms with Gasteiger partial charge in [-0.05, 0) is 12.8 Å². The van der Waals surface area contributed by atoms with Crippen LogP contribution < -0.4 is 5.32 Å². The maximum Gasteiger partial charge on any atom is 0.256 e. The molecule has 0 aliphatic carbocycles. The van der Waals surface area contributed by atoms with Gasteiger partial charge in [0.15, 0.2) is 0 Å². The van der Waals surface area contributed by atoms with Gasteiger partial charge in [-0.3, -0.25) is 4.79 Å². The molecule has 17 heavy (non-hydrogen) atoms. The Balaban J connectivity index is 2.32. The van der Waals surface area contributed by atoms with Crippen molar-refractivity contribution in [2.75, 3.05) is 20.3 Å². The molecule has 0 radical (unpaired) electrons. The molecule has 1 amide bonds. The van der Waals surface area contributed by atoms with E-state index in [4.69, 9.17) is 9.26 Å². The summed E-state index contributed by atoms with van der Waals surface area (Å²) in [5.41, 5.74) is 1.35. The molecule has 94 valence electrons. The molecule has 2 heterocycles. The summed E-state index contributed by atoms with van der Waals surface area (Å²) in [4.78, 5) is 11.9. The molecule has 1 saturated heterocycles. The van der Waals surface area contributed by atoms with E-state index in [1.165, 1.54) is 0 Å². The van der Waals surface area contributed by atoms with Gasteiger partial charge in [0, 0.05) is 26.0 Å². The Kier molecular flexibility index (Phi) is 3.78. The quantitative estimate of drug-likeness (QED) is 0.866. The van der Waals surface area contributed by atoms with E-state index < -0.39 is 0 Å². The zero-order valence-corrected chi connectivity index (χ0v) is 10.3. The summed E-state index contributed by atoms with van der Waals surface area (Å²) in [5.74, 6) is 0.716. The van der Waals surface area contributed by atoms with Crippen molar-refractivity contribution in [3.8, 4) is 0 Å². The number of ether oxygens (including phenoxy) is 1. The summed E-state index contributed by atoms with van der Waals surface area (Å²) >= 11 is 0. The van der Waals surface area contributed by atoms with Crippen LogP contribution in [0.1, 0.15) is 47.5 Å². The van der Waals surface area contributed by atoms with Gasteiger partial charge < -0.3 is 14.6 Å². The topological polar surface area (TPSA) is 64.4 Å². The normalized spacial score (nSPS) is 20.2. The number of carbonyl (C=O) groups excluding carboxylic acids is 1. The van der Waals surface area contributed by atoms with Crippen molar-refractivity contribution >= 4 is 5.91 Å². The minimum atomic E-state index is -0.122. The van der Waals surface area contributed by atoms with Crippen molar-refractivity contribution in [1.29, 1.82) is 0 Å². The van der Waals surface area contributed by atoms with Gasteiger partial charge in [-0.15, -0.1) is 0 Å². The van der Waals surface area contributed by atoms with Crippen molar-refractivity contribution in [1.82, 2.24) is 10.5 Å². The Morgan fingerprint density at radius 2 is 2.41 bits per heavy atom. The average molecular weight is 238 g/mol. The Morgan fingerprint density at radius 1 is 1.59 bits per heavy atom. The van der Waals surface area contributed by atoms with Crippen LogP contribution in [-0.4, -0.2) is 31.3 Å². The fourth-order valence-corrected chi connectivity index (χ4v) is 2.18. The van der Waals surface area contributed by atoms with Crippen LogP contribution in [-0.2, 0) is 11.2 Å². The Morgan fingerprint density at radius 3 is 3.00 bits per heavy atom. The van der Waals surface area contributed by atoms with Crippen molar-refractivity contribution in [3.05, 3.63) is 17.0 Å². The molecule has 1 unspecified atom stereocenters. The molecule has 0 bridgehead atoms. The number of aromatic nitrogens is 1. The van der Waals surface area contributed by atoms with E-state index in [9.17, 15) is 4.79 Å². The van der Waals surface area contributed by atoms with Crippen molar-refractivity contribution in [2.45, 2.75) is 32.1 Å². The third-order valence-electron chi connectivity index (χ3n) is 3.11. The molecule has 0 spiro atoms. The molecule has 0 saturated carbocycles. The fraction of sp³-hybridized carbons (Fsp3) is 0.667. The van der Waals surface area contributed by atoms with Crippen LogP contribution in [0.25, 0.3) is 0 Å². The third kappa shape index (κ3) is 2.34. The second kappa shape index (κ2) is 5.31. The van der Waals surface area contributed by atoms with Crippen LogP contribution in [0.3, 0.4) is 0 Å². The summed E-state index contributed by atoms with van der Waals surface area (Å²) in [6.07, 6.45) is 2.68. The van der Waals surface area contributed by atoms with E-state index in [1.54, 1.807) is 7.05 Å². The van der Waals surface area contributed by atoms with Crippen LogP contribution in [0, 0.1) is 0 Å². The summed E-state index contributed by atoms with van der Waals surface area (Å²) in [6, 6.07) is 0. The minimum absolute atomic E-state index is 0.122. The molecule has 1 aliphatic rings. The standard InChI is InChI=1S/C12H18N2O3/c1-3-9-10(12(15)13-2)11(14-17-9)8-5-4-6-16-7-8/h8H,3-7H2,1-2H3,(H,13,15). The first-order valence-electron chi connectivity index (χ1n) is 6.06. The van der Waals surface area contributed by atoms with E-state index in [2.05, 4.69) is 10.5 Å². The molecule has 1 atom stereocenters.